The number of carbonyl (C=O) groups is 1. The molecule has 1 aliphatic rings. The summed E-state index contributed by atoms with van der Waals surface area (Å²) in [7, 11) is 0. The predicted octanol–water partition coefficient (Wildman–Crippen LogP) is 6.51. The van der Waals surface area contributed by atoms with Crippen LogP contribution in [0.15, 0.2) is 17.5 Å². The minimum absolute atomic E-state index is 0.0500. The normalized spacial score (nSPS) is 27.3. The number of aromatic nitrogens is 1. The van der Waals surface area contributed by atoms with Gasteiger partial charge in [-0.05, 0) is 19.3 Å². The first kappa shape index (κ1) is 33.8. The van der Waals surface area contributed by atoms with E-state index >= 15 is 0 Å². The minimum Gasteiger partial charge on any atom is -0.390 e. The molecule has 1 saturated heterocycles. The van der Waals surface area contributed by atoms with Crippen molar-refractivity contribution in [2.75, 3.05) is 6.79 Å². The number of allylic oxidation sites excluding steroid dienone is 1. The highest BCUT2D eigenvalue weighted by atomic mass is 35.5. The van der Waals surface area contributed by atoms with Crippen LogP contribution in [0.1, 0.15) is 61.6 Å². The number of alkyl halides is 6. The van der Waals surface area contributed by atoms with Gasteiger partial charge in [0.1, 0.15) is 23.6 Å². The van der Waals surface area contributed by atoms with Gasteiger partial charge in [-0.1, -0.05) is 26.0 Å². The Kier molecular flexibility index (Phi) is 14.8. The van der Waals surface area contributed by atoms with Gasteiger partial charge in [-0.3, -0.25) is 4.79 Å². The minimum atomic E-state index is -1.19. The monoisotopic (exact) mass is 657 g/mol. The number of nitrogens with zero attached hydrogens (tertiary/aromatic N) is 1. The predicted molar refractivity (Wildman–Crippen MR) is 153 cm³/mol. The Labute approximate surface area is 252 Å². The van der Waals surface area contributed by atoms with E-state index in [9.17, 15) is 15.0 Å². The average molecular weight is 660 g/mol. The van der Waals surface area contributed by atoms with E-state index in [-0.39, 0.29) is 35.7 Å². The molecule has 0 aromatic carbocycles. The fourth-order valence-corrected chi connectivity index (χ4v) is 6.62. The van der Waals surface area contributed by atoms with Crippen LogP contribution in [0.4, 0.5) is 0 Å². The molecule has 1 fully saturated rings. The van der Waals surface area contributed by atoms with Crippen LogP contribution in [0.5, 0.6) is 0 Å². The third kappa shape index (κ3) is 9.89. The van der Waals surface area contributed by atoms with Crippen molar-refractivity contribution in [1.82, 2.24) is 4.98 Å². The molecule has 37 heavy (non-hydrogen) atoms. The number of hydrogen-bond acceptors (Lipinski definition) is 7. The molecule has 1 aromatic heterocycles. The summed E-state index contributed by atoms with van der Waals surface area (Å²) in [5.74, 6) is -0.461. The van der Waals surface area contributed by atoms with E-state index < -0.39 is 45.9 Å². The zero-order valence-electron chi connectivity index (χ0n) is 20.7. The molecular weight excluding hydrogens is 627 g/mol. The van der Waals surface area contributed by atoms with Gasteiger partial charge in [-0.15, -0.1) is 80.9 Å². The maximum atomic E-state index is 11.6. The van der Waals surface area contributed by atoms with Crippen molar-refractivity contribution in [2.24, 2.45) is 5.92 Å². The summed E-state index contributed by atoms with van der Waals surface area (Å²) in [6, 6.07) is 0. The number of carbonyl (C=O) groups excluding carboxylic acids is 1. The first-order valence-electron chi connectivity index (χ1n) is 12.0. The van der Waals surface area contributed by atoms with Crippen LogP contribution in [-0.4, -0.2) is 78.3 Å². The second-order valence-electron chi connectivity index (χ2n) is 9.10. The fourth-order valence-electron chi connectivity index (χ4n) is 3.85. The summed E-state index contributed by atoms with van der Waals surface area (Å²) in [5.41, 5.74) is 0.297. The summed E-state index contributed by atoms with van der Waals surface area (Å²) < 4.78 is 11.4. The molecule has 1 aliphatic heterocycles. The highest BCUT2D eigenvalue weighted by Crippen LogP contribution is 2.36. The van der Waals surface area contributed by atoms with Crippen LogP contribution >= 0.6 is 80.9 Å². The van der Waals surface area contributed by atoms with E-state index in [0.717, 1.165) is 6.42 Å². The zero-order chi connectivity index (χ0) is 27.9. The molecule has 11 unspecified atom stereocenters. The number of aliphatic hydroxyl groups excluding tert-OH is 2. The molecule has 2 heterocycles. The number of Topliss-reactive ketones (excluding diaryl/α,β-unsaturated/α-hetero) is 1. The third-order valence-corrected chi connectivity index (χ3v) is 10.2. The smallest absolute Gasteiger partial charge is 0.178 e. The van der Waals surface area contributed by atoms with Crippen molar-refractivity contribution in [3.63, 3.8) is 0 Å². The SMILES string of the molecule is CCC(Cl)CC(Cl)C=CC(Cl)C(O)C(Cl)C(Cl)C(Cl)CC1OCOC(C(O)c2nc(C(C)=O)cs2)C1C. The van der Waals surface area contributed by atoms with Crippen LogP contribution < -0.4 is 0 Å². The molecule has 0 saturated carbocycles. The number of ketones is 1. The number of thiazole rings is 1. The van der Waals surface area contributed by atoms with Gasteiger partial charge in [-0.2, -0.15) is 0 Å². The highest BCUT2D eigenvalue weighted by Gasteiger charge is 2.41. The van der Waals surface area contributed by atoms with E-state index in [1.54, 1.807) is 17.5 Å². The first-order valence-corrected chi connectivity index (χ1v) is 15.5. The molecule has 0 spiro atoms. The Bertz CT molecular complexity index is 878. The van der Waals surface area contributed by atoms with Crippen molar-refractivity contribution in [3.05, 3.63) is 28.2 Å². The molecule has 0 radical (unpaired) electrons. The topological polar surface area (TPSA) is 88.9 Å². The largest absolute Gasteiger partial charge is 0.390 e. The van der Waals surface area contributed by atoms with Gasteiger partial charge in [0, 0.05) is 23.6 Å². The van der Waals surface area contributed by atoms with Gasteiger partial charge >= 0.3 is 0 Å². The standard InChI is InChI=1S/C24H33Cl6NO5S/c1-4-13(25)7-14(26)5-6-15(27)21(33)20(30)19(29)16(28)8-18-11(2)23(36-10-35-18)22(34)24-31-17(9-37-24)12(3)32/h5-6,9,11,13-16,18-23,33-34H,4,7-8,10H2,1-3H3. The van der Waals surface area contributed by atoms with Crippen molar-refractivity contribution in [2.45, 2.75) is 96.7 Å². The maximum Gasteiger partial charge on any atom is 0.178 e. The van der Waals surface area contributed by atoms with Gasteiger partial charge < -0.3 is 19.7 Å². The molecule has 212 valence electrons. The third-order valence-electron chi connectivity index (χ3n) is 6.28. The van der Waals surface area contributed by atoms with Crippen LogP contribution in [0.2, 0.25) is 0 Å². The number of hydrogen-bond donors (Lipinski definition) is 2. The van der Waals surface area contributed by atoms with E-state index in [0.29, 0.717) is 17.1 Å². The quantitative estimate of drug-likeness (QED) is 0.135. The number of rotatable bonds is 14. The molecule has 11 atom stereocenters. The molecule has 0 bridgehead atoms. The molecule has 0 aliphatic carbocycles. The lowest BCUT2D eigenvalue weighted by molar-refractivity contribution is -0.230. The van der Waals surface area contributed by atoms with Crippen LogP contribution in [0.3, 0.4) is 0 Å². The molecule has 2 rings (SSSR count). The summed E-state index contributed by atoms with van der Waals surface area (Å²) in [6.45, 7) is 5.20. The Balaban J connectivity index is 1.95. The van der Waals surface area contributed by atoms with Gasteiger partial charge in [0.15, 0.2) is 5.78 Å². The molecule has 0 amide bonds. The van der Waals surface area contributed by atoms with E-state index in [1.165, 1.54) is 18.3 Å². The lowest BCUT2D eigenvalue weighted by Gasteiger charge is -2.39. The Morgan fingerprint density at radius 2 is 1.84 bits per heavy atom. The first-order chi connectivity index (χ1) is 17.4. The fraction of sp³-hybridized carbons (Fsp3) is 0.750. The van der Waals surface area contributed by atoms with Crippen molar-refractivity contribution >= 4 is 86.7 Å². The highest BCUT2D eigenvalue weighted by molar-refractivity contribution is 7.09. The zero-order valence-corrected chi connectivity index (χ0v) is 26.0. The summed E-state index contributed by atoms with van der Waals surface area (Å²) in [5, 5.41) is 19.8. The Morgan fingerprint density at radius 1 is 1.16 bits per heavy atom. The second kappa shape index (κ2) is 16.2. The molecule has 6 nitrogen and oxygen atoms in total. The lowest BCUT2D eigenvalue weighted by Crippen LogP contribution is -2.46. The van der Waals surface area contributed by atoms with Crippen LogP contribution in [0.25, 0.3) is 0 Å². The second-order valence-corrected chi connectivity index (χ2v) is 13.2. The van der Waals surface area contributed by atoms with E-state index in [1.807, 2.05) is 13.8 Å². The Hall–Kier alpha value is 0.620. The summed E-state index contributed by atoms with van der Waals surface area (Å²) in [6.07, 6.45) is 1.66. The molecule has 1 aromatic rings. The Morgan fingerprint density at radius 3 is 2.43 bits per heavy atom. The van der Waals surface area contributed by atoms with Gasteiger partial charge in [0.2, 0.25) is 0 Å². The van der Waals surface area contributed by atoms with Crippen molar-refractivity contribution < 1.29 is 24.5 Å². The van der Waals surface area contributed by atoms with Gasteiger partial charge in [-0.25, -0.2) is 4.98 Å². The lowest BCUT2D eigenvalue weighted by atomic mass is 9.89. The number of aliphatic hydroxyl groups is 2. The van der Waals surface area contributed by atoms with Crippen LogP contribution in [-0.2, 0) is 9.47 Å². The van der Waals surface area contributed by atoms with Crippen molar-refractivity contribution in [1.29, 1.82) is 0 Å². The molecule has 13 heteroatoms. The van der Waals surface area contributed by atoms with Crippen LogP contribution in [0, 0.1) is 5.92 Å². The average Bonchev–Trinajstić information content (AvgIpc) is 3.37. The van der Waals surface area contributed by atoms with E-state index in [2.05, 4.69) is 4.98 Å². The molecular formula is C24H33Cl6NO5S. The molecule has 2 N–H and O–H groups in total. The van der Waals surface area contributed by atoms with Crippen molar-refractivity contribution in [3.8, 4) is 0 Å². The maximum absolute atomic E-state index is 11.6. The van der Waals surface area contributed by atoms with E-state index in [4.69, 9.17) is 79.1 Å². The number of ether oxygens (including phenoxy) is 2. The van der Waals surface area contributed by atoms with Gasteiger partial charge in [0.05, 0.1) is 45.2 Å². The summed E-state index contributed by atoms with van der Waals surface area (Å²) >= 11 is 39.5. The summed E-state index contributed by atoms with van der Waals surface area (Å²) in [4.78, 5) is 15.8. The number of halogens is 6. The van der Waals surface area contributed by atoms with Gasteiger partial charge in [0.25, 0.3) is 0 Å².